The van der Waals surface area contributed by atoms with Crippen LogP contribution in [0.4, 0.5) is 0 Å². The number of hydrogen-bond acceptors (Lipinski definition) is 3. The Morgan fingerprint density at radius 2 is 1.81 bits per heavy atom. The Balaban J connectivity index is 2.98. The molecule has 5 heteroatoms. The van der Waals surface area contributed by atoms with Crippen molar-refractivity contribution in [3.63, 3.8) is 0 Å². The van der Waals surface area contributed by atoms with Crippen molar-refractivity contribution in [2.24, 2.45) is 0 Å². The summed E-state index contributed by atoms with van der Waals surface area (Å²) in [6, 6.07) is 9.97. The smallest absolute Gasteiger partial charge is 0.330 e. The monoisotopic (exact) mass is 406 g/mol. The maximum atomic E-state index is 11.1. The third kappa shape index (κ3) is 8.29. The molecule has 1 atom stereocenters. The lowest BCUT2D eigenvalue weighted by molar-refractivity contribution is -0.134. The van der Waals surface area contributed by atoms with Crippen molar-refractivity contribution in [1.82, 2.24) is 0 Å². The van der Waals surface area contributed by atoms with Gasteiger partial charge in [0.15, 0.2) is 8.32 Å². The Labute approximate surface area is 169 Å². The number of benzene rings is 1. The van der Waals surface area contributed by atoms with Crippen molar-refractivity contribution < 1.29 is 14.0 Å². The van der Waals surface area contributed by atoms with Crippen LogP contribution in [-0.2, 0) is 14.0 Å². The van der Waals surface area contributed by atoms with Crippen LogP contribution in [0.25, 0.3) is 6.08 Å². The predicted molar refractivity (Wildman–Crippen MR) is 117 cm³/mol. The molecule has 0 aliphatic rings. The third-order valence-corrected chi connectivity index (χ3v) is 9.52. The minimum atomic E-state index is -1.99. The number of carbonyl (C=O) groups is 1. The summed E-state index contributed by atoms with van der Waals surface area (Å²) in [7, 11) is -0.637. The molecule has 148 valence electrons. The summed E-state index contributed by atoms with van der Waals surface area (Å²) in [5, 5.41) is 0.761. The van der Waals surface area contributed by atoms with Crippen molar-refractivity contribution in [3.05, 3.63) is 65.2 Å². The first-order valence-electron chi connectivity index (χ1n) is 9.08. The average Bonchev–Trinajstić information content (AvgIpc) is 2.59. The maximum Gasteiger partial charge on any atom is 0.330 e. The van der Waals surface area contributed by atoms with Crippen LogP contribution < -0.4 is 0 Å². The van der Waals surface area contributed by atoms with Gasteiger partial charge in [-0.1, -0.05) is 80.9 Å². The molecule has 0 unspecified atom stereocenters. The Hall–Kier alpha value is -1.62. The summed E-state index contributed by atoms with van der Waals surface area (Å²) in [5.74, 6) is -0.379. The van der Waals surface area contributed by atoms with Crippen molar-refractivity contribution in [2.75, 3.05) is 7.11 Å². The van der Waals surface area contributed by atoms with Gasteiger partial charge in [-0.25, -0.2) is 4.79 Å². The van der Waals surface area contributed by atoms with Gasteiger partial charge in [0.05, 0.1) is 13.2 Å². The highest BCUT2D eigenvalue weighted by molar-refractivity contribution is 6.74. The fourth-order valence-electron chi connectivity index (χ4n) is 2.03. The zero-order valence-electron chi connectivity index (χ0n) is 17.2. The second-order valence-corrected chi connectivity index (χ2v) is 13.0. The van der Waals surface area contributed by atoms with Crippen molar-refractivity contribution >= 4 is 32.0 Å². The Morgan fingerprint density at radius 1 is 1.19 bits per heavy atom. The first-order chi connectivity index (χ1) is 12.6. The molecule has 0 heterocycles. The quantitative estimate of drug-likeness (QED) is 0.219. The SMILES string of the molecule is COC(=O)/C=C/C=C/C[C@@H](O[Si](C)(C)C(C)(C)C)/C(Cl)=C/c1ccccc1. The van der Waals surface area contributed by atoms with Crippen LogP contribution in [0.3, 0.4) is 0 Å². The lowest BCUT2D eigenvalue weighted by atomic mass is 10.1. The predicted octanol–water partition coefficient (Wildman–Crippen LogP) is 6.33. The van der Waals surface area contributed by atoms with Crippen LogP contribution in [-0.4, -0.2) is 27.5 Å². The molecule has 0 aromatic heterocycles. The fraction of sp³-hybridized carbons (Fsp3) is 0.409. The van der Waals surface area contributed by atoms with Crippen LogP contribution in [0, 0.1) is 0 Å². The molecule has 0 amide bonds. The van der Waals surface area contributed by atoms with E-state index in [-0.39, 0.29) is 17.1 Å². The third-order valence-electron chi connectivity index (χ3n) is 4.69. The van der Waals surface area contributed by atoms with E-state index in [0.717, 1.165) is 5.56 Å². The summed E-state index contributed by atoms with van der Waals surface area (Å²) in [6.07, 6.45) is 9.16. The zero-order chi connectivity index (χ0) is 20.5. The summed E-state index contributed by atoms with van der Waals surface area (Å²) in [6.45, 7) is 11.1. The van der Waals surface area contributed by atoms with Crippen molar-refractivity contribution in [2.45, 2.75) is 51.4 Å². The molecule has 0 spiro atoms. The molecule has 0 fully saturated rings. The second-order valence-electron chi connectivity index (χ2n) is 7.85. The number of rotatable bonds is 8. The lowest BCUT2D eigenvalue weighted by Crippen LogP contribution is -2.44. The first kappa shape index (κ1) is 23.4. The van der Waals surface area contributed by atoms with Gasteiger partial charge in [-0.15, -0.1) is 0 Å². The van der Waals surface area contributed by atoms with E-state index in [1.165, 1.54) is 13.2 Å². The molecule has 1 aromatic rings. The van der Waals surface area contributed by atoms with Gasteiger partial charge >= 0.3 is 5.97 Å². The number of hydrogen-bond donors (Lipinski definition) is 0. The van der Waals surface area contributed by atoms with E-state index >= 15 is 0 Å². The van der Waals surface area contributed by atoms with Gasteiger partial charge in [-0.2, -0.15) is 0 Å². The van der Waals surface area contributed by atoms with E-state index in [0.29, 0.717) is 11.5 Å². The van der Waals surface area contributed by atoms with Crippen LogP contribution in [0.2, 0.25) is 18.1 Å². The Kier molecular flexibility index (Phi) is 9.23. The molecule has 3 nitrogen and oxygen atoms in total. The standard InChI is InChI=1S/C22H31ClO3Si/c1-22(2,3)27(5,6)26-20(15-11-8-12-16-21(24)25-4)19(23)17-18-13-9-7-10-14-18/h7-14,16-17,20H,15H2,1-6H3/b11-8+,16-12+,19-17-/t20-/m1/s1. The summed E-state index contributed by atoms with van der Waals surface area (Å²) in [4.78, 5) is 11.1. The molecule has 0 aliphatic heterocycles. The first-order valence-corrected chi connectivity index (χ1v) is 12.4. The zero-order valence-corrected chi connectivity index (χ0v) is 18.9. The number of esters is 1. The molecule has 0 saturated heterocycles. The van der Waals surface area contributed by atoms with Gasteiger partial charge in [0.25, 0.3) is 0 Å². The summed E-state index contributed by atoms with van der Waals surface area (Å²) in [5.41, 5.74) is 1.04. The Bertz CT molecular complexity index is 685. The second kappa shape index (κ2) is 10.6. The minimum absolute atomic E-state index is 0.0870. The molecule has 0 bridgehead atoms. The van der Waals surface area contributed by atoms with Gasteiger partial charge in [0.2, 0.25) is 0 Å². The van der Waals surface area contributed by atoms with Gasteiger partial charge in [0.1, 0.15) is 0 Å². The molecule has 1 rings (SSSR count). The molecular weight excluding hydrogens is 376 g/mol. The number of allylic oxidation sites excluding steroid dienone is 2. The van der Waals surface area contributed by atoms with E-state index in [4.69, 9.17) is 16.0 Å². The molecule has 0 radical (unpaired) electrons. The normalized spacial score (nSPS) is 14.7. The van der Waals surface area contributed by atoms with Crippen LogP contribution in [0.15, 0.2) is 59.7 Å². The molecular formula is C22H31ClO3Si. The van der Waals surface area contributed by atoms with Crippen molar-refractivity contribution in [1.29, 1.82) is 0 Å². The van der Waals surface area contributed by atoms with Gasteiger partial charge in [-0.05, 0) is 36.2 Å². The number of carbonyl (C=O) groups excluding carboxylic acids is 1. The average molecular weight is 407 g/mol. The van der Waals surface area contributed by atoms with Crippen LogP contribution in [0.5, 0.6) is 0 Å². The minimum Gasteiger partial charge on any atom is -0.466 e. The highest BCUT2D eigenvalue weighted by Crippen LogP contribution is 2.39. The van der Waals surface area contributed by atoms with Gasteiger partial charge < -0.3 is 9.16 Å². The van der Waals surface area contributed by atoms with E-state index in [2.05, 4.69) is 38.6 Å². The highest BCUT2D eigenvalue weighted by Gasteiger charge is 2.39. The van der Waals surface area contributed by atoms with E-state index in [1.807, 2.05) is 48.6 Å². The topological polar surface area (TPSA) is 35.5 Å². The lowest BCUT2D eigenvalue weighted by Gasteiger charge is -2.39. The number of ether oxygens (including phenoxy) is 1. The highest BCUT2D eigenvalue weighted by atomic mass is 35.5. The molecule has 27 heavy (non-hydrogen) atoms. The van der Waals surface area contributed by atoms with E-state index < -0.39 is 8.32 Å². The van der Waals surface area contributed by atoms with Crippen molar-refractivity contribution in [3.8, 4) is 0 Å². The van der Waals surface area contributed by atoms with Gasteiger partial charge in [-0.3, -0.25) is 0 Å². The largest absolute Gasteiger partial charge is 0.466 e. The van der Waals surface area contributed by atoms with Crippen LogP contribution in [0.1, 0.15) is 32.8 Å². The van der Waals surface area contributed by atoms with E-state index in [9.17, 15) is 4.79 Å². The van der Waals surface area contributed by atoms with Gasteiger partial charge in [0, 0.05) is 11.1 Å². The van der Waals surface area contributed by atoms with E-state index in [1.54, 1.807) is 6.08 Å². The fourth-order valence-corrected chi connectivity index (χ4v) is 3.66. The maximum absolute atomic E-state index is 11.1. The Morgan fingerprint density at radius 3 is 2.37 bits per heavy atom. The number of methoxy groups -OCH3 is 1. The molecule has 0 N–H and O–H groups in total. The molecule has 0 saturated carbocycles. The summed E-state index contributed by atoms with van der Waals surface area (Å²) < 4.78 is 11.1. The molecule has 1 aromatic carbocycles. The number of halogens is 1. The summed E-state index contributed by atoms with van der Waals surface area (Å²) >= 11 is 6.66. The van der Waals surface area contributed by atoms with Crippen LogP contribution >= 0.6 is 11.6 Å². The molecule has 0 aliphatic carbocycles.